The van der Waals surface area contributed by atoms with Crippen LogP contribution < -0.4 is 0 Å². The van der Waals surface area contributed by atoms with Gasteiger partial charge < -0.3 is 18.9 Å². The molecule has 1 N–H and O–H groups in total. The third kappa shape index (κ3) is 24.7. The SMILES string of the molecule is CCCCCCCCCCCCCCCCOC[C@@H](C=CP(=O)(O)OCC[N+](C)(C)C)OC. The van der Waals surface area contributed by atoms with E-state index < -0.39 is 7.60 Å². The van der Waals surface area contributed by atoms with Crippen molar-refractivity contribution in [3.63, 3.8) is 0 Å². The van der Waals surface area contributed by atoms with Crippen LogP contribution in [0.4, 0.5) is 0 Å². The lowest BCUT2D eigenvalue weighted by Gasteiger charge is -2.23. The van der Waals surface area contributed by atoms with Crippen LogP contribution in [0.3, 0.4) is 0 Å². The molecule has 7 heteroatoms. The quantitative estimate of drug-likeness (QED) is 0.0900. The second-order valence-corrected chi connectivity index (χ2v) is 11.9. The first kappa shape index (κ1) is 32.8. The van der Waals surface area contributed by atoms with Gasteiger partial charge in [0, 0.05) is 19.5 Å². The van der Waals surface area contributed by atoms with Crippen molar-refractivity contribution in [1.29, 1.82) is 0 Å². The molecule has 0 aliphatic rings. The van der Waals surface area contributed by atoms with E-state index in [1.165, 1.54) is 89.3 Å². The number of rotatable bonds is 24. The molecule has 0 spiro atoms. The van der Waals surface area contributed by atoms with Crippen molar-refractivity contribution < 1.29 is 27.9 Å². The molecule has 0 saturated heterocycles. The van der Waals surface area contributed by atoms with Crippen LogP contribution in [0.1, 0.15) is 96.8 Å². The third-order valence-corrected chi connectivity index (χ3v) is 6.86. The van der Waals surface area contributed by atoms with Crippen LogP contribution in [0.5, 0.6) is 0 Å². The van der Waals surface area contributed by atoms with Crippen LogP contribution in [-0.4, -0.2) is 70.1 Å². The Morgan fingerprint density at radius 2 is 1.30 bits per heavy atom. The van der Waals surface area contributed by atoms with Gasteiger partial charge >= 0.3 is 7.60 Å². The highest BCUT2D eigenvalue weighted by Crippen LogP contribution is 2.43. The van der Waals surface area contributed by atoms with Crippen molar-refractivity contribution >= 4 is 7.60 Å². The molecule has 0 aromatic rings. The second kappa shape index (κ2) is 21.1. The average Bonchev–Trinajstić information content (AvgIpc) is 2.74. The summed E-state index contributed by atoms with van der Waals surface area (Å²) in [5.41, 5.74) is 0. The summed E-state index contributed by atoms with van der Waals surface area (Å²) in [4.78, 5) is 9.91. The van der Waals surface area contributed by atoms with Gasteiger partial charge in [0.15, 0.2) is 0 Å². The van der Waals surface area contributed by atoms with Crippen molar-refractivity contribution in [2.75, 3.05) is 54.6 Å². The second-order valence-electron chi connectivity index (χ2n) is 10.2. The molecule has 0 aliphatic heterocycles. The molecule has 0 fully saturated rings. The normalized spacial score (nSPS) is 15.2. The number of unbranched alkanes of at least 4 members (excludes halogenated alkanes) is 13. The topological polar surface area (TPSA) is 65.0 Å². The number of ether oxygens (including phenoxy) is 2. The zero-order valence-corrected chi connectivity index (χ0v) is 23.3. The van der Waals surface area contributed by atoms with E-state index in [1.807, 2.05) is 21.1 Å². The van der Waals surface area contributed by atoms with Gasteiger partial charge in [-0.05, 0) is 12.5 Å². The summed E-state index contributed by atoms with van der Waals surface area (Å²) >= 11 is 0. The third-order valence-electron chi connectivity index (χ3n) is 5.75. The van der Waals surface area contributed by atoms with E-state index in [-0.39, 0.29) is 12.7 Å². The predicted octanol–water partition coefficient (Wildman–Crippen LogP) is 6.92. The van der Waals surface area contributed by atoms with Gasteiger partial charge in [0.25, 0.3) is 0 Å². The van der Waals surface area contributed by atoms with E-state index in [0.29, 0.717) is 24.2 Å². The molecule has 1 unspecified atom stereocenters. The molecule has 6 nitrogen and oxygen atoms in total. The summed E-state index contributed by atoms with van der Waals surface area (Å²) < 4.78 is 28.9. The summed E-state index contributed by atoms with van der Waals surface area (Å²) in [6.45, 7) is 4.24. The highest BCUT2D eigenvalue weighted by Gasteiger charge is 2.18. The molecule has 0 radical (unpaired) electrons. The van der Waals surface area contributed by atoms with Gasteiger partial charge in [-0.25, -0.2) is 0 Å². The first-order valence-corrected chi connectivity index (χ1v) is 14.9. The molecule has 0 bridgehead atoms. The molecule has 0 rings (SSSR count). The van der Waals surface area contributed by atoms with E-state index in [1.54, 1.807) is 13.2 Å². The summed E-state index contributed by atoms with van der Waals surface area (Å²) in [5, 5.41) is 0. The summed E-state index contributed by atoms with van der Waals surface area (Å²) in [6.07, 6.45) is 20.0. The van der Waals surface area contributed by atoms with Crippen LogP contribution in [0, 0.1) is 0 Å². The van der Waals surface area contributed by atoms with E-state index in [9.17, 15) is 9.46 Å². The highest BCUT2D eigenvalue weighted by molar-refractivity contribution is 7.56. The molecule has 0 aromatic carbocycles. The minimum absolute atomic E-state index is 0.231. The number of quaternary nitrogens is 1. The number of nitrogens with zero attached hydrogens (tertiary/aromatic N) is 1. The van der Waals surface area contributed by atoms with Crippen LogP contribution in [0.15, 0.2) is 11.9 Å². The number of hydrogen-bond acceptors (Lipinski definition) is 4. The monoisotopic (exact) mass is 492 g/mol. The number of hydrogen-bond donors (Lipinski definition) is 1. The van der Waals surface area contributed by atoms with Crippen molar-refractivity contribution in [3.8, 4) is 0 Å². The standard InChI is InChI=1S/C26H54NO5P/c1-6-7-8-9-10-11-12-13-14-15-16-17-18-19-22-31-25-26(30-5)20-24-33(28,29)32-23-21-27(2,3)4/h20,24,26H,6-19,21-23,25H2,1-5H3/p+1/t26-/m1/s1. The van der Waals surface area contributed by atoms with Crippen molar-refractivity contribution in [3.05, 3.63) is 11.9 Å². The fourth-order valence-electron chi connectivity index (χ4n) is 3.49. The molecular weight excluding hydrogens is 437 g/mol. The van der Waals surface area contributed by atoms with Crippen molar-refractivity contribution in [2.24, 2.45) is 0 Å². The predicted molar refractivity (Wildman–Crippen MR) is 140 cm³/mol. The summed E-state index contributed by atoms with van der Waals surface area (Å²) in [6, 6.07) is 0. The minimum Gasteiger partial charge on any atom is -0.378 e. The number of methoxy groups -OCH3 is 1. The molecule has 2 atom stereocenters. The lowest BCUT2D eigenvalue weighted by Crippen LogP contribution is -2.37. The van der Waals surface area contributed by atoms with Crippen LogP contribution in [-0.2, 0) is 18.6 Å². The molecule has 0 heterocycles. The van der Waals surface area contributed by atoms with E-state index in [2.05, 4.69) is 6.92 Å². The van der Waals surface area contributed by atoms with Gasteiger partial charge in [0.05, 0.1) is 33.9 Å². The Balaban J connectivity index is 3.62. The van der Waals surface area contributed by atoms with Crippen molar-refractivity contribution in [1.82, 2.24) is 0 Å². The summed E-state index contributed by atoms with van der Waals surface area (Å²) in [5.74, 6) is 1.21. The first-order valence-electron chi connectivity index (χ1n) is 13.3. The fourth-order valence-corrected chi connectivity index (χ4v) is 4.33. The van der Waals surface area contributed by atoms with E-state index in [4.69, 9.17) is 14.0 Å². The van der Waals surface area contributed by atoms with Gasteiger partial charge in [0.1, 0.15) is 13.2 Å². The van der Waals surface area contributed by atoms with Crippen LogP contribution >= 0.6 is 7.60 Å². The van der Waals surface area contributed by atoms with E-state index in [0.717, 1.165) is 6.42 Å². The number of likely N-dealkylation sites (N-methyl/N-ethyl adjacent to an activating group) is 1. The fraction of sp³-hybridized carbons (Fsp3) is 0.923. The van der Waals surface area contributed by atoms with Gasteiger partial charge in [-0.15, -0.1) is 0 Å². The summed E-state index contributed by atoms with van der Waals surface area (Å²) in [7, 11) is 3.86. The van der Waals surface area contributed by atoms with Crippen LogP contribution in [0.25, 0.3) is 0 Å². The molecule has 33 heavy (non-hydrogen) atoms. The largest absolute Gasteiger partial charge is 0.378 e. The lowest BCUT2D eigenvalue weighted by molar-refractivity contribution is -0.870. The lowest BCUT2D eigenvalue weighted by atomic mass is 10.0. The Labute approximate surface area is 205 Å². The van der Waals surface area contributed by atoms with E-state index >= 15 is 0 Å². The highest BCUT2D eigenvalue weighted by atomic mass is 31.2. The molecular formula is C26H55NO5P+. The maximum Gasteiger partial charge on any atom is 0.351 e. The Hall–Kier alpha value is -0.230. The Morgan fingerprint density at radius 1 is 0.818 bits per heavy atom. The van der Waals surface area contributed by atoms with Gasteiger partial charge in [-0.2, -0.15) is 0 Å². The zero-order chi connectivity index (χ0) is 24.8. The molecule has 0 aromatic heterocycles. The van der Waals surface area contributed by atoms with Gasteiger partial charge in [-0.3, -0.25) is 9.09 Å². The molecule has 0 aliphatic carbocycles. The zero-order valence-electron chi connectivity index (χ0n) is 22.4. The Morgan fingerprint density at radius 3 is 1.76 bits per heavy atom. The molecule has 0 amide bonds. The average molecular weight is 493 g/mol. The molecule has 198 valence electrons. The Kier molecular flexibility index (Phi) is 20.9. The Bertz CT molecular complexity index is 507. The van der Waals surface area contributed by atoms with Gasteiger partial charge in [0.2, 0.25) is 0 Å². The maximum atomic E-state index is 12.1. The van der Waals surface area contributed by atoms with Gasteiger partial charge in [-0.1, -0.05) is 90.4 Å². The molecule has 0 saturated carbocycles. The maximum absolute atomic E-state index is 12.1. The first-order chi connectivity index (χ1) is 15.7. The van der Waals surface area contributed by atoms with Crippen LogP contribution in [0.2, 0.25) is 0 Å². The smallest absolute Gasteiger partial charge is 0.351 e. The van der Waals surface area contributed by atoms with Crippen molar-refractivity contribution in [2.45, 2.75) is 103 Å². The minimum atomic E-state index is -3.75.